The van der Waals surface area contributed by atoms with Gasteiger partial charge in [0.05, 0.1) is 12.6 Å². The maximum atomic E-state index is 7.83. The van der Waals surface area contributed by atoms with Crippen LogP contribution < -0.4 is 4.80 Å². The van der Waals surface area contributed by atoms with Gasteiger partial charge < -0.3 is 9.30 Å². The third-order valence-corrected chi connectivity index (χ3v) is 3.69. The van der Waals surface area contributed by atoms with E-state index in [2.05, 4.69) is 6.58 Å². The Morgan fingerprint density at radius 2 is 2.60 bits per heavy atom. The highest BCUT2D eigenvalue weighted by atomic mass is 32.1. The molecule has 0 unspecified atom stereocenters. The standard InChI is InChI=1S/C11H16N2OS/c1-8(2)10-7-13(11(12)15-10)6-9-4-3-5-14-9/h7,9,12H,1,3-6H2,2H3/t9-/m1/s1. The van der Waals surface area contributed by atoms with Crippen LogP contribution in [0.25, 0.3) is 5.57 Å². The molecule has 1 atom stereocenters. The third kappa shape index (κ3) is 2.38. The fraction of sp³-hybridized carbons (Fsp3) is 0.545. The van der Waals surface area contributed by atoms with Crippen LogP contribution in [0, 0.1) is 5.41 Å². The van der Waals surface area contributed by atoms with Gasteiger partial charge in [0, 0.05) is 17.7 Å². The topological polar surface area (TPSA) is 38.0 Å². The molecule has 0 aromatic carbocycles. The van der Waals surface area contributed by atoms with Crippen molar-refractivity contribution in [2.45, 2.75) is 32.4 Å². The van der Waals surface area contributed by atoms with E-state index in [1.54, 1.807) is 0 Å². The lowest BCUT2D eigenvalue weighted by Gasteiger charge is -2.09. The van der Waals surface area contributed by atoms with E-state index in [1.807, 2.05) is 17.7 Å². The van der Waals surface area contributed by atoms with Crippen LogP contribution in [-0.4, -0.2) is 17.3 Å². The molecule has 1 fully saturated rings. The molecule has 1 aliphatic heterocycles. The fourth-order valence-corrected chi connectivity index (χ4v) is 2.54. The number of thiazole rings is 1. The zero-order chi connectivity index (χ0) is 10.8. The van der Waals surface area contributed by atoms with Crippen LogP contribution in [0.3, 0.4) is 0 Å². The van der Waals surface area contributed by atoms with E-state index in [9.17, 15) is 0 Å². The van der Waals surface area contributed by atoms with Gasteiger partial charge >= 0.3 is 0 Å². The second-order valence-corrected chi connectivity index (χ2v) is 5.00. The molecule has 1 aromatic heterocycles. The summed E-state index contributed by atoms with van der Waals surface area (Å²) in [6.45, 7) is 7.55. The summed E-state index contributed by atoms with van der Waals surface area (Å²) in [5, 5.41) is 7.83. The maximum Gasteiger partial charge on any atom is 0.182 e. The van der Waals surface area contributed by atoms with Crippen molar-refractivity contribution in [3.8, 4) is 0 Å². The number of aromatic nitrogens is 1. The van der Waals surface area contributed by atoms with Crippen molar-refractivity contribution in [1.29, 1.82) is 5.41 Å². The minimum Gasteiger partial charge on any atom is -0.376 e. The van der Waals surface area contributed by atoms with Crippen molar-refractivity contribution in [1.82, 2.24) is 4.57 Å². The average Bonchev–Trinajstić information content (AvgIpc) is 2.77. The summed E-state index contributed by atoms with van der Waals surface area (Å²) >= 11 is 1.48. The van der Waals surface area contributed by atoms with E-state index in [0.29, 0.717) is 10.9 Å². The van der Waals surface area contributed by atoms with Gasteiger partial charge in [-0.3, -0.25) is 5.41 Å². The van der Waals surface area contributed by atoms with E-state index in [0.717, 1.165) is 36.4 Å². The summed E-state index contributed by atoms with van der Waals surface area (Å²) in [6, 6.07) is 0. The van der Waals surface area contributed by atoms with Gasteiger partial charge in [0.25, 0.3) is 0 Å². The number of rotatable bonds is 3. The molecule has 0 aliphatic carbocycles. The number of ether oxygens (including phenoxy) is 1. The lowest BCUT2D eigenvalue weighted by atomic mass is 10.2. The van der Waals surface area contributed by atoms with Crippen molar-refractivity contribution in [3.63, 3.8) is 0 Å². The second-order valence-electron chi connectivity index (χ2n) is 3.97. The molecule has 0 spiro atoms. The number of hydrogen-bond acceptors (Lipinski definition) is 3. The molecule has 15 heavy (non-hydrogen) atoms. The van der Waals surface area contributed by atoms with Crippen LogP contribution in [0.15, 0.2) is 12.8 Å². The van der Waals surface area contributed by atoms with Crippen LogP contribution in [0.1, 0.15) is 24.6 Å². The first kappa shape index (κ1) is 10.6. The number of nitrogens with zero attached hydrogens (tertiary/aromatic N) is 1. The maximum absolute atomic E-state index is 7.83. The molecular weight excluding hydrogens is 208 g/mol. The Balaban J connectivity index is 2.13. The Morgan fingerprint density at radius 1 is 1.80 bits per heavy atom. The molecule has 0 bridgehead atoms. The monoisotopic (exact) mass is 224 g/mol. The summed E-state index contributed by atoms with van der Waals surface area (Å²) < 4.78 is 7.52. The molecule has 2 rings (SSSR count). The van der Waals surface area contributed by atoms with E-state index < -0.39 is 0 Å². The Labute approximate surface area is 93.5 Å². The van der Waals surface area contributed by atoms with Gasteiger partial charge in [0.1, 0.15) is 0 Å². The minimum absolute atomic E-state index is 0.298. The van der Waals surface area contributed by atoms with Gasteiger partial charge in [-0.15, -0.1) is 0 Å². The van der Waals surface area contributed by atoms with Crippen molar-refractivity contribution >= 4 is 16.9 Å². The molecule has 1 saturated heterocycles. The molecule has 82 valence electrons. The first-order chi connectivity index (χ1) is 7.16. The van der Waals surface area contributed by atoms with Gasteiger partial charge in [-0.2, -0.15) is 0 Å². The predicted octanol–water partition coefficient (Wildman–Crippen LogP) is 2.24. The van der Waals surface area contributed by atoms with E-state index in [4.69, 9.17) is 10.1 Å². The Morgan fingerprint density at radius 3 is 3.13 bits per heavy atom. The van der Waals surface area contributed by atoms with E-state index in [-0.39, 0.29) is 0 Å². The van der Waals surface area contributed by atoms with Crippen molar-refractivity contribution in [2.24, 2.45) is 0 Å². The van der Waals surface area contributed by atoms with Gasteiger partial charge in [0.2, 0.25) is 0 Å². The second kappa shape index (κ2) is 4.33. The number of nitrogens with one attached hydrogen (secondary N) is 1. The lowest BCUT2D eigenvalue weighted by molar-refractivity contribution is 0.0963. The average molecular weight is 224 g/mol. The molecule has 0 radical (unpaired) electrons. The summed E-state index contributed by atoms with van der Waals surface area (Å²) in [7, 11) is 0. The van der Waals surface area contributed by atoms with E-state index >= 15 is 0 Å². The van der Waals surface area contributed by atoms with Crippen molar-refractivity contribution in [2.75, 3.05) is 6.61 Å². The summed E-state index contributed by atoms with van der Waals surface area (Å²) in [6.07, 6.45) is 4.57. The lowest BCUT2D eigenvalue weighted by Crippen LogP contribution is -2.21. The number of allylic oxidation sites excluding steroid dienone is 1. The first-order valence-corrected chi connectivity index (χ1v) is 6.01. The molecule has 4 heteroatoms. The smallest absolute Gasteiger partial charge is 0.182 e. The zero-order valence-electron chi connectivity index (χ0n) is 8.95. The van der Waals surface area contributed by atoms with Gasteiger partial charge in [-0.25, -0.2) is 0 Å². The summed E-state index contributed by atoms with van der Waals surface area (Å²) in [5.41, 5.74) is 1.03. The fourth-order valence-electron chi connectivity index (χ4n) is 1.73. The zero-order valence-corrected chi connectivity index (χ0v) is 9.77. The van der Waals surface area contributed by atoms with Gasteiger partial charge in [0.15, 0.2) is 4.80 Å². The first-order valence-electron chi connectivity index (χ1n) is 5.19. The van der Waals surface area contributed by atoms with Gasteiger partial charge in [-0.1, -0.05) is 17.9 Å². The Hall–Kier alpha value is -0.870. The Bertz CT molecular complexity index is 412. The molecule has 1 aliphatic rings. The van der Waals surface area contributed by atoms with Gasteiger partial charge in [-0.05, 0) is 25.3 Å². The predicted molar refractivity (Wildman–Crippen MR) is 61.8 cm³/mol. The van der Waals surface area contributed by atoms with Crippen LogP contribution >= 0.6 is 11.3 Å². The highest BCUT2D eigenvalue weighted by Gasteiger charge is 2.16. The molecule has 1 N–H and O–H groups in total. The molecule has 0 amide bonds. The Kier molecular flexibility index (Phi) is 3.07. The molecule has 2 heterocycles. The van der Waals surface area contributed by atoms with Crippen LogP contribution in [-0.2, 0) is 11.3 Å². The normalized spacial score (nSPS) is 20.7. The molecule has 0 saturated carbocycles. The molecule has 3 nitrogen and oxygen atoms in total. The van der Waals surface area contributed by atoms with Crippen LogP contribution in [0.5, 0.6) is 0 Å². The highest BCUT2D eigenvalue weighted by Crippen LogP contribution is 2.17. The van der Waals surface area contributed by atoms with Crippen LogP contribution in [0.2, 0.25) is 0 Å². The summed E-state index contributed by atoms with van der Waals surface area (Å²) in [4.78, 5) is 1.68. The molecular formula is C11H16N2OS. The molecule has 1 aromatic rings. The van der Waals surface area contributed by atoms with E-state index in [1.165, 1.54) is 11.3 Å². The number of hydrogen-bond donors (Lipinski definition) is 1. The van der Waals surface area contributed by atoms with Crippen molar-refractivity contribution in [3.05, 3.63) is 22.5 Å². The highest BCUT2D eigenvalue weighted by molar-refractivity contribution is 7.10. The quantitative estimate of drug-likeness (QED) is 0.840. The third-order valence-electron chi connectivity index (χ3n) is 2.59. The largest absolute Gasteiger partial charge is 0.376 e. The minimum atomic E-state index is 0.298. The van der Waals surface area contributed by atoms with Crippen molar-refractivity contribution < 1.29 is 4.74 Å². The SMILES string of the molecule is C=C(C)c1cn(C[C@H]2CCCO2)c(=N)s1. The summed E-state index contributed by atoms with van der Waals surface area (Å²) in [5.74, 6) is 0. The van der Waals surface area contributed by atoms with Crippen LogP contribution in [0.4, 0.5) is 0 Å².